The van der Waals surface area contributed by atoms with Crippen LogP contribution in [0, 0.1) is 0 Å². The van der Waals surface area contributed by atoms with E-state index in [1.54, 1.807) is 7.11 Å². The van der Waals surface area contributed by atoms with Crippen molar-refractivity contribution in [2.75, 3.05) is 12.4 Å². The quantitative estimate of drug-likeness (QED) is 0.933. The molecular weight excluding hydrogens is 262 g/mol. The Bertz CT molecular complexity index is 664. The van der Waals surface area contributed by atoms with Crippen LogP contribution in [0.15, 0.2) is 42.5 Å². The SMILES string of the molecule is COc1cccc(NC(=O)Cc2ccc3c(c2)CCC3)c1. The average Bonchev–Trinajstić information content (AvgIpc) is 2.95. The van der Waals surface area contributed by atoms with E-state index in [1.807, 2.05) is 24.3 Å². The molecule has 3 rings (SSSR count). The Morgan fingerprint density at radius 1 is 1.14 bits per heavy atom. The number of benzene rings is 2. The molecule has 1 amide bonds. The Balaban J connectivity index is 1.66. The minimum absolute atomic E-state index is 0.00111. The Labute approximate surface area is 124 Å². The van der Waals surface area contributed by atoms with Crippen molar-refractivity contribution in [2.24, 2.45) is 0 Å². The van der Waals surface area contributed by atoms with Crippen molar-refractivity contribution in [1.82, 2.24) is 0 Å². The van der Waals surface area contributed by atoms with Gasteiger partial charge in [0.05, 0.1) is 13.5 Å². The number of carbonyl (C=O) groups is 1. The lowest BCUT2D eigenvalue weighted by molar-refractivity contribution is -0.115. The van der Waals surface area contributed by atoms with E-state index >= 15 is 0 Å². The van der Waals surface area contributed by atoms with Gasteiger partial charge in [0.2, 0.25) is 5.91 Å². The number of amides is 1. The highest BCUT2D eigenvalue weighted by molar-refractivity contribution is 5.92. The molecule has 0 fully saturated rings. The number of methoxy groups -OCH3 is 1. The molecular formula is C18H19NO2. The van der Waals surface area contributed by atoms with Crippen LogP contribution in [0.5, 0.6) is 5.75 Å². The first-order chi connectivity index (χ1) is 10.2. The van der Waals surface area contributed by atoms with E-state index in [2.05, 4.69) is 23.5 Å². The first kappa shape index (κ1) is 13.7. The third-order valence-electron chi connectivity index (χ3n) is 3.88. The highest BCUT2D eigenvalue weighted by atomic mass is 16.5. The van der Waals surface area contributed by atoms with E-state index < -0.39 is 0 Å². The van der Waals surface area contributed by atoms with Crippen LogP contribution in [-0.4, -0.2) is 13.0 Å². The molecule has 0 heterocycles. The molecule has 21 heavy (non-hydrogen) atoms. The number of ether oxygens (including phenoxy) is 1. The van der Waals surface area contributed by atoms with Gasteiger partial charge in [-0.3, -0.25) is 4.79 Å². The molecule has 2 aromatic rings. The second kappa shape index (κ2) is 6.00. The minimum atomic E-state index is 0.00111. The lowest BCUT2D eigenvalue weighted by Crippen LogP contribution is -2.14. The standard InChI is InChI=1S/C18H19NO2/c1-21-17-7-3-6-16(12-17)19-18(20)11-13-8-9-14-4-2-5-15(14)10-13/h3,6-10,12H,2,4-5,11H2,1H3,(H,19,20). The molecule has 0 saturated heterocycles. The highest BCUT2D eigenvalue weighted by Crippen LogP contribution is 2.23. The van der Waals surface area contributed by atoms with Gasteiger partial charge in [0.15, 0.2) is 0 Å². The summed E-state index contributed by atoms with van der Waals surface area (Å²) in [5, 5.41) is 2.91. The van der Waals surface area contributed by atoms with Crippen LogP contribution >= 0.6 is 0 Å². The molecule has 1 aliphatic carbocycles. The number of aryl methyl sites for hydroxylation is 2. The Morgan fingerprint density at radius 3 is 2.86 bits per heavy atom. The van der Waals surface area contributed by atoms with E-state index in [-0.39, 0.29) is 5.91 Å². The average molecular weight is 281 g/mol. The fourth-order valence-corrected chi connectivity index (χ4v) is 2.83. The van der Waals surface area contributed by atoms with E-state index in [9.17, 15) is 4.79 Å². The van der Waals surface area contributed by atoms with Gasteiger partial charge in [0, 0.05) is 11.8 Å². The Kier molecular flexibility index (Phi) is 3.91. The van der Waals surface area contributed by atoms with Crippen molar-refractivity contribution in [3.63, 3.8) is 0 Å². The monoisotopic (exact) mass is 281 g/mol. The first-order valence-corrected chi connectivity index (χ1v) is 7.29. The van der Waals surface area contributed by atoms with Gasteiger partial charge in [0.1, 0.15) is 5.75 Å². The minimum Gasteiger partial charge on any atom is -0.497 e. The molecule has 0 spiro atoms. The van der Waals surface area contributed by atoms with E-state index in [4.69, 9.17) is 4.74 Å². The van der Waals surface area contributed by atoms with Gasteiger partial charge in [-0.25, -0.2) is 0 Å². The van der Waals surface area contributed by atoms with Crippen molar-refractivity contribution in [1.29, 1.82) is 0 Å². The summed E-state index contributed by atoms with van der Waals surface area (Å²) in [4.78, 5) is 12.1. The molecule has 3 heteroatoms. The van der Waals surface area contributed by atoms with Gasteiger partial charge >= 0.3 is 0 Å². The number of nitrogens with one attached hydrogen (secondary N) is 1. The summed E-state index contributed by atoms with van der Waals surface area (Å²) in [6.07, 6.45) is 3.95. The van der Waals surface area contributed by atoms with E-state index in [1.165, 1.54) is 24.0 Å². The molecule has 3 nitrogen and oxygen atoms in total. The molecule has 1 N–H and O–H groups in total. The zero-order chi connectivity index (χ0) is 14.7. The Hall–Kier alpha value is -2.29. The summed E-state index contributed by atoms with van der Waals surface area (Å²) in [7, 11) is 1.62. The fourth-order valence-electron chi connectivity index (χ4n) is 2.83. The van der Waals surface area contributed by atoms with Crippen molar-refractivity contribution in [3.8, 4) is 5.75 Å². The summed E-state index contributed by atoms with van der Waals surface area (Å²) in [5.41, 5.74) is 4.69. The van der Waals surface area contributed by atoms with Crippen LogP contribution in [0.25, 0.3) is 0 Å². The molecule has 0 atom stereocenters. The highest BCUT2D eigenvalue weighted by Gasteiger charge is 2.12. The number of carbonyl (C=O) groups excluding carboxylic acids is 1. The van der Waals surface area contributed by atoms with Gasteiger partial charge in [0.25, 0.3) is 0 Å². The molecule has 0 saturated carbocycles. The van der Waals surface area contributed by atoms with Gasteiger partial charge < -0.3 is 10.1 Å². The summed E-state index contributed by atoms with van der Waals surface area (Å²) in [6.45, 7) is 0. The second-order valence-electron chi connectivity index (χ2n) is 5.41. The van der Waals surface area contributed by atoms with Crippen LogP contribution in [0.2, 0.25) is 0 Å². The maximum atomic E-state index is 12.1. The number of hydrogen-bond acceptors (Lipinski definition) is 2. The van der Waals surface area contributed by atoms with Gasteiger partial charge in [-0.15, -0.1) is 0 Å². The van der Waals surface area contributed by atoms with Crippen LogP contribution in [-0.2, 0) is 24.1 Å². The van der Waals surface area contributed by atoms with E-state index in [0.29, 0.717) is 6.42 Å². The summed E-state index contributed by atoms with van der Waals surface area (Å²) in [5.74, 6) is 0.742. The fraction of sp³-hybridized carbons (Fsp3) is 0.278. The van der Waals surface area contributed by atoms with Gasteiger partial charge in [-0.05, 0) is 48.1 Å². The predicted octanol–water partition coefficient (Wildman–Crippen LogP) is 3.37. The number of fused-ring (bicyclic) bond motifs is 1. The van der Waals surface area contributed by atoms with Crippen LogP contribution in [0.3, 0.4) is 0 Å². The molecule has 0 bridgehead atoms. The topological polar surface area (TPSA) is 38.3 Å². The Morgan fingerprint density at radius 2 is 2.00 bits per heavy atom. The van der Waals surface area contributed by atoms with Crippen molar-refractivity contribution in [3.05, 3.63) is 59.2 Å². The van der Waals surface area contributed by atoms with Crippen LogP contribution in [0.1, 0.15) is 23.1 Å². The lowest BCUT2D eigenvalue weighted by atomic mass is 10.0. The van der Waals surface area contributed by atoms with Crippen molar-refractivity contribution < 1.29 is 9.53 Å². The smallest absolute Gasteiger partial charge is 0.228 e. The van der Waals surface area contributed by atoms with Crippen molar-refractivity contribution in [2.45, 2.75) is 25.7 Å². The maximum absolute atomic E-state index is 12.1. The van der Waals surface area contributed by atoms with Gasteiger partial charge in [-0.1, -0.05) is 24.3 Å². The molecule has 0 aliphatic heterocycles. The van der Waals surface area contributed by atoms with Gasteiger partial charge in [-0.2, -0.15) is 0 Å². The summed E-state index contributed by atoms with van der Waals surface area (Å²) in [6, 6.07) is 13.8. The van der Waals surface area contributed by atoms with E-state index in [0.717, 1.165) is 23.4 Å². The van der Waals surface area contributed by atoms with Crippen LogP contribution in [0.4, 0.5) is 5.69 Å². The van der Waals surface area contributed by atoms with Crippen molar-refractivity contribution >= 4 is 11.6 Å². The lowest BCUT2D eigenvalue weighted by Gasteiger charge is -2.08. The largest absolute Gasteiger partial charge is 0.497 e. The summed E-state index contributed by atoms with van der Waals surface area (Å²) < 4.78 is 5.15. The number of rotatable bonds is 4. The normalized spacial score (nSPS) is 12.8. The second-order valence-corrected chi connectivity index (χ2v) is 5.41. The summed E-state index contributed by atoms with van der Waals surface area (Å²) >= 11 is 0. The molecule has 108 valence electrons. The molecule has 0 radical (unpaired) electrons. The third kappa shape index (κ3) is 3.24. The van der Waals surface area contributed by atoms with Crippen LogP contribution < -0.4 is 10.1 Å². The zero-order valence-electron chi connectivity index (χ0n) is 12.2. The maximum Gasteiger partial charge on any atom is 0.228 e. The first-order valence-electron chi connectivity index (χ1n) is 7.29. The number of hydrogen-bond donors (Lipinski definition) is 1. The molecule has 0 unspecified atom stereocenters. The molecule has 2 aromatic carbocycles. The molecule has 0 aromatic heterocycles. The number of anilines is 1. The predicted molar refractivity (Wildman–Crippen MR) is 83.8 cm³/mol. The zero-order valence-corrected chi connectivity index (χ0v) is 12.2. The molecule has 1 aliphatic rings. The third-order valence-corrected chi connectivity index (χ3v) is 3.88.